The van der Waals surface area contributed by atoms with Crippen molar-refractivity contribution in [1.82, 2.24) is 0 Å². The van der Waals surface area contributed by atoms with E-state index in [2.05, 4.69) is 0 Å². The number of likely N-dealkylation sites (N-methyl/N-ethyl adjacent to an activating group) is 1. The number of hydrogen-bond donors (Lipinski definition) is 1. The third kappa shape index (κ3) is 6.97. The van der Waals surface area contributed by atoms with Gasteiger partial charge >= 0.3 is 95.1 Å². The van der Waals surface area contributed by atoms with E-state index in [-0.39, 0.29) is 0 Å². The molecule has 1 N–H and O–H groups in total. The first-order valence-electron chi connectivity index (χ1n) is 13.0. The van der Waals surface area contributed by atoms with E-state index in [1.54, 1.807) is 0 Å². The molecule has 0 aromatic carbocycles. The highest BCUT2D eigenvalue weighted by Crippen LogP contribution is 2.69. The molecule has 0 aliphatic carbocycles. The summed E-state index contributed by atoms with van der Waals surface area (Å²) in [5, 5.41) is 8.59. The van der Waals surface area contributed by atoms with Crippen molar-refractivity contribution in [3.8, 4) is 0 Å². The van der Waals surface area contributed by atoms with Crippen LogP contribution >= 0.6 is 0 Å². The molecule has 0 saturated heterocycles. The molecule has 0 aromatic heterocycles. The number of carboxylic acids is 1. The molecule has 0 unspecified atom stereocenters. The minimum atomic E-state index is -10.1. The smallest absolute Gasteiger partial charge is 0.460 e. The summed E-state index contributed by atoms with van der Waals surface area (Å²) in [5.74, 6) is -133. The van der Waals surface area contributed by atoms with Crippen molar-refractivity contribution in [1.29, 1.82) is 0 Å². The molecule has 0 aliphatic heterocycles. The van der Waals surface area contributed by atoms with Gasteiger partial charge in [-0.15, -0.1) is 0 Å². The van der Waals surface area contributed by atoms with Crippen LogP contribution in [0.5, 0.6) is 0 Å². The average Bonchev–Trinajstić information content (AvgIpc) is 2.94. The van der Waals surface area contributed by atoms with Crippen molar-refractivity contribution in [3.63, 3.8) is 0 Å². The largest absolute Gasteiger partial charge is 0.477 e. The number of aliphatic carboxylic acids is 1. The van der Waals surface area contributed by atoms with E-state index in [0.717, 1.165) is 14.1 Å². The predicted octanol–water partition coefficient (Wildman–Crippen LogP) is 10.4. The highest BCUT2D eigenvalue weighted by atomic mass is 19.4. The molecule has 0 aromatic rings. The maximum atomic E-state index is 14.1. The monoisotopic (exact) mass is 914 g/mol. The lowest BCUT2D eigenvalue weighted by Gasteiger charge is -2.46. The maximum absolute atomic E-state index is 14.1. The SMILES string of the molecule is C[N+](C)(CCCC(F)(F)C(F)(F)C(F)(F)C(F)(F)C(F)(F)C(F)(F)C(F)(F)C(F)(F)C(F)(F)C(F)(F)C(F)(F)C(F)(F)C(F)(F)C(F)(F)C(F)(F)F)CC(=O)O. The van der Waals surface area contributed by atoms with Gasteiger partial charge in [0.25, 0.3) is 0 Å². The van der Waals surface area contributed by atoms with Crippen LogP contribution in [0.25, 0.3) is 0 Å². The number of nitrogens with zero attached hydrogens (tertiary/aromatic N) is 1. The van der Waals surface area contributed by atoms with Gasteiger partial charge in [0.1, 0.15) is 0 Å². The van der Waals surface area contributed by atoms with E-state index in [9.17, 15) is 141 Å². The standard InChI is InChI=1S/C22H14F31NO2/c1-54(2,6-7(55)56)5-3-4-8(23,24)9(25,26)10(27,28)11(29,30)12(31,32)13(33,34)14(35,36)15(37,38)16(39,40)17(41,42)18(43,44)19(45,46)20(47,48)21(49,50)22(51,52)53/h3-6H2,1-2H3/p+1. The molecule has 0 spiro atoms. The molecule has 0 bridgehead atoms. The van der Waals surface area contributed by atoms with Crippen molar-refractivity contribution in [2.45, 2.75) is 102 Å². The van der Waals surface area contributed by atoms with Crippen molar-refractivity contribution >= 4 is 5.97 Å². The van der Waals surface area contributed by atoms with Crippen LogP contribution in [0.3, 0.4) is 0 Å². The number of alkyl halides is 31. The summed E-state index contributed by atoms with van der Waals surface area (Å²) in [6, 6.07) is 0. The van der Waals surface area contributed by atoms with Gasteiger partial charge in [-0.05, 0) is 0 Å². The fourth-order valence-electron chi connectivity index (χ4n) is 3.91. The zero-order chi connectivity index (χ0) is 46.4. The van der Waals surface area contributed by atoms with E-state index >= 15 is 0 Å². The van der Waals surface area contributed by atoms with Gasteiger partial charge < -0.3 is 9.59 Å². The van der Waals surface area contributed by atoms with Gasteiger partial charge in [-0.3, -0.25) is 0 Å². The highest BCUT2D eigenvalue weighted by Gasteiger charge is 3.01. The van der Waals surface area contributed by atoms with Crippen LogP contribution in [-0.4, -0.2) is 132 Å². The molecule has 34 heteroatoms. The second-order valence-electron chi connectivity index (χ2n) is 12.0. The second-order valence-corrected chi connectivity index (χ2v) is 12.0. The Balaban J connectivity index is 7.41. The Morgan fingerprint density at radius 1 is 0.375 bits per heavy atom. The molecule has 3 nitrogen and oxygen atoms in total. The van der Waals surface area contributed by atoms with Crippen molar-refractivity contribution < 1.29 is 150 Å². The molecular weight excluding hydrogens is 899 g/mol. The van der Waals surface area contributed by atoms with Gasteiger partial charge in [-0.2, -0.15) is 136 Å². The molecule has 0 rings (SSSR count). The van der Waals surface area contributed by atoms with Crippen molar-refractivity contribution in [3.05, 3.63) is 0 Å². The highest BCUT2D eigenvalue weighted by molar-refractivity contribution is 5.67. The number of carbonyl (C=O) groups is 1. The lowest BCUT2D eigenvalue weighted by atomic mass is 9.83. The fraction of sp³-hybridized carbons (Fsp3) is 0.955. The molecule has 336 valence electrons. The summed E-state index contributed by atoms with van der Waals surface area (Å²) >= 11 is 0. The lowest BCUT2D eigenvalue weighted by molar-refractivity contribution is -0.883. The fourth-order valence-corrected chi connectivity index (χ4v) is 3.91. The van der Waals surface area contributed by atoms with E-state index < -0.39 is 125 Å². The molecule has 0 atom stereocenters. The van der Waals surface area contributed by atoms with Gasteiger partial charge in [-0.25, -0.2) is 4.79 Å². The van der Waals surface area contributed by atoms with E-state index in [4.69, 9.17) is 5.11 Å². The van der Waals surface area contributed by atoms with Crippen molar-refractivity contribution in [2.24, 2.45) is 0 Å². The van der Waals surface area contributed by atoms with Gasteiger partial charge in [0.05, 0.1) is 20.6 Å². The van der Waals surface area contributed by atoms with Crippen LogP contribution in [0, 0.1) is 0 Å². The minimum Gasteiger partial charge on any atom is -0.477 e. The average molecular weight is 914 g/mol. The Labute approximate surface area is 286 Å². The van der Waals surface area contributed by atoms with Crippen LogP contribution in [0.15, 0.2) is 0 Å². The summed E-state index contributed by atoms with van der Waals surface area (Å²) in [4.78, 5) is 10.6. The van der Waals surface area contributed by atoms with Crippen LogP contribution < -0.4 is 0 Å². The summed E-state index contributed by atoms with van der Waals surface area (Å²) in [5.41, 5.74) is 0. The first-order chi connectivity index (χ1) is 23.6. The topological polar surface area (TPSA) is 37.3 Å². The molecule has 0 aliphatic rings. The number of halogens is 31. The van der Waals surface area contributed by atoms with E-state index in [1.165, 1.54) is 0 Å². The molecule has 0 saturated carbocycles. The predicted molar refractivity (Wildman–Crippen MR) is 114 cm³/mol. The van der Waals surface area contributed by atoms with E-state index in [0.29, 0.717) is 0 Å². The Morgan fingerprint density at radius 3 is 0.768 bits per heavy atom. The molecule has 0 heterocycles. The number of carboxylic acid groups (broad SMARTS) is 1. The molecule has 0 fully saturated rings. The number of quaternary nitrogens is 1. The van der Waals surface area contributed by atoms with Gasteiger partial charge in [-0.1, -0.05) is 0 Å². The zero-order valence-corrected chi connectivity index (χ0v) is 25.8. The lowest BCUT2D eigenvalue weighted by Crippen LogP contribution is -2.79. The molecule has 0 amide bonds. The van der Waals surface area contributed by atoms with Crippen LogP contribution in [-0.2, 0) is 4.79 Å². The summed E-state index contributed by atoms with van der Waals surface area (Å²) in [6.45, 7) is -2.33. The first kappa shape index (κ1) is 53.3. The number of rotatable bonds is 19. The zero-order valence-electron chi connectivity index (χ0n) is 25.8. The maximum Gasteiger partial charge on any atom is 0.460 e. The van der Waals surface area contributed by atoms with Crippen LogP contribution in [0.2, 0.25) is 0 Å². The summed E-state index contributed by atoms with van der Waals surface area (Å²) < 4.78 is 421. The Kier molecular flexibility index (Phi) is 13.0. The third-order valence-electron chi connectivity index (χ3n) is 7.36. The quantitative estimate of drug-likeness (QED) is 0.104. The number of hydrogen-bond acceptors (Lipinski definition) is 1. The summed E-state index contributed by atoms with van der Waals surface area (Å²) in [7, 11) is 1.50. The van der Waals surface area contributed by atoms with Crippen molar-refractivity contribution in [2.75, 3.05) is 27.2 Å². The third-order valence-corrected chi connectivity index (χ3v) is 7.36. The van der Waals surface area contributed by atoms with Gasteiger partial charge in [0.2, 0.25) is 0 Å². The minimum absolute atomic E-state index is 0.749. The molecule has 56 heavy (non-hydrogen) atoms. The second kappa shape index (κ2) is 13.7. The van der Waals surface area contributed by atoms with Crippen LogP contribution in [0.4, 0.5) is 136 Å². The normalized spacial score (nSPS) is 16.7. The molecular formula is C22H15F31NO2+. The van der Waals surface area contributed by atoms with E-state index in [1.807, 2.05) is 0 Å². The Bertz CT molecular complexity index is 1420. The van der Waals surface area contributed by atoms with Gasteiger partial charge in [0, 0.05) is 12.8 Å². The van der Waals surface area contributed by atoms with Crippen LogP contribution in [0.1, 0.15) is 12.8 Å². The Hall–Kier alpha value is -2.74. The first-order valence-corrected chi connectivity index (χ1v) is 13.0. The van der Waals surface area contributed by atoms with Gasteiger partial charge in [0.15, 0.2) is 6.54 Å². The molecule has 0 radical (unpaired) electrons. The Morgan fingerprint density at radius 2 is 0.571 bits per heavy atom. The summed E-state index contributed by atoms with van der Waals surface area (Å²) in [6.07, 6.45) is -13.1.